The quantitative estimate of drug-likeness (QED) is 0.841. The van der Waals surface area contributed by atoms with Crippen LogP contribution in [0.2, 0.25) is 0 Å². The second-order valence-corrected chi connectivity index (χ2v) is 8.17. The normalized spacial score (nSPS) is 20.4. The van der Waals surface area contributed by atoms with Gasteiger partial charge < -0.3 is 14.7 Å². The molecule has 2 saturated heterocycles. The van der Waals surface area contributed by atoms with Crippen molar-refractivity contribution >= 4 is 28.2 Å². The molecule has 0 bridgehead atoms. The number of hydrogen-bond donors (Lipinski definition) is 0. The van der Waals surface area contributed by atoms with Crippen LogP contribution in [0.3, 0.4) is 0 Å². The van der Waals surface area contributed by atoms with Gasteiger partial charge in [0, 0.05) is 50.3 Å². The predicted octanol–water partition coefficient (Wildman–Crippen LogP) is 2.35. The molecule has 0 radical (unpaired) electrons. The molecule has 2 aromatic heterocycles. The molecular weight excluding hydrogens is 332 g/mol. The van der Waals surface area contributed by atoms with Gasteiger partial charge >= 0.3 is 0 Å². The second kappa shape index (κ2) is 6.44. The van der Waals surface area contributed by atoms with E-state index in [-0.39, 0.29) is 0 Å². The number of fused-ring (bicyclic) bond motifs is 1. The first-order chi connectivity index (χ1) is 12.4. The Kier molecular flexibility index (Phi) is 3.96. The first-order valence-corrected chi connectivity index (χ1v) is 10.2. The molecule has 0 saturated carbocycles. The highest BCUT2D eigenvalue weighted by Crippen LogP contribution is 2.33. The molecule has 132 valence electrons. The van der Waals surface area contributed by atoms with Gasteiger partial charge in [-0.2, -0.15) is 4.98 Å². The van der Waals surface area contributed by atoms with Gasteiger partial charge in [0.1, 0.15) is 5.82 Å². The minimum atomic E-state index is 0.897. The van der Waals surface area contributed by atoms with Crippen LogP contribution < -0.4 is 14.7 Å². The van der Waals surface area contributed by atoms with Crippen LogP contribution in [0.15, 0.2) is 12.3 Å². The number of piperazine rings is 1. The van der Waals surface area contributed by atoms with Crippen LogP contribution in [0.1, 0.15) is 29.8 Å². The number of rotatable bonds is 3. The Labute approximate surface area is 152 Å². The highest BCUT2D eigenvalue weighted by atomic mass is 32.1. The summed E-state index contributed by atoms with van der Waals surface area (Å²) in [4.78, 5) is 22.8. The molecule has 0 amide bonds. The fraction of sp³-hybridized carbons (Fsp3) is 0.611. The van der Waals surface area contributed by atoms with Crippen LogP contribution in [-0.2, 0) is 12.8 Å². The van der Waals surface area contributed by atoms with E-state index in [2.05, 4.69) is 19.7 Å². The molecule has 4 heterocycles. The van der Waals surface area contributed by atoms with Crippen molar-refractivity contribution in [1.82, 2.24) is 15.0 Å². The van der Waals surface area contributed by atoms with Gasteiger partial charge in [-0.05, 0) is 38.2 Å². The molecule has 0 atom stereocenters. The van der Waals surface area contributed by atoms with Crippen molar-refractivity contribution in [3.05, 3.63) is 22.8 Å². The lowest BCUT2D eigenvalue weighted by Crippen LogP contribution is -2.47. The van der Waals surface area contributed by atoms with Gasteiger partial charge in [0.05, 0.1) is 5.69 Å². The maximum atomic E-state index is 4.87. The summed E-state index contributed by atoms with van der Waals surface area (Å²) in [5.41, 5.74) is 1.36. The van der Waals surface area contributed by atoms with E-state index in [1.165, 1.54) is 47.8 Å². The molecule has 2 aliphatic heterocycles. The van der Waals surface area contributed by atoms with E-state index in [0.717, 1.165) is 51.0 Å². The van der Waals surface area contributed by atoms with Crippen molar-refractivity contribution in [1.29, 1.82) is 0 Å². The topological polar surface area (TPSA) is 48.4 Å². The first kappa shape index (κ1) is 15.4. The van der Waals surface area contributed by atoms with Crippen molar-refractivity contribution in [2.75, 3.05) is 54.0 Å². The number of thiazole rings is 1. The second-order valence-electron chi connectivity index (χ2n) is 7.10. The minimum absolute atomic E-state index is 0.897. The molecule has 2 aromatic rings. The van der Waals surface area contributed by atoms with Crippen molar-refractivity contribution in [3.8, 4) is 0 Å². The van der Waals surface area contributed by atoms with Crippen molar-refractivity contribution in [3.63, 3.8) is 0 Å². The summed E-state index contributed by atoms with van der Waals surface area (Å²) in [6.45, 7) is 6.23. The Bertz CT molecular complexity index is 724. The summed E-state index contributed by atoms with van der Waals surface area (Å²) in [5, 5.41) is 1.23. The van der Waals surface area contributed by atoms with E-state index in [4.69, 9.17) is 9.97 Å². The average molecular weight is 356 g/mol. The van der Waals surface area contributed by atoms with E-state index in [0.29, 0.717) is 0 Å². The lowest BCUT2D eigenvalue weighted by atomic mass is 10.3. The lowest BCUT2D eigenvalue weighted by Gasteiger charge is -2.35. The maximum Gasteiger partial charge on any atom is 0.227 e. The molecule has 0 aromatic carbocycles. The number of anilines is 3. The summed E-state index contributed by atoms with van der Waals surface area (Å²) < 4.78 is 0. The van der Waals surface area contributed by atoms with Gasteiger partial charge in [-0.25, -0.2) is 9.97 Å². The zero-order chi connectivity index (χ0) is 16.6. The van der Waals surface area contributed by atoms with Crippen LogP contribution >= 0.6 is 11.3 Å². The molecule has 0 spiro atoms. The Balaban J connectivity index is 1.26. The molecule has 25 heavy (non-hydrogen) atoms. The van der Waals surface area contributed by atoms with Gasteiger partial charge in [0.15, 0.2) is 5.13 Å². The third kappa shape index (κ3) is 2.94. The largest absolute Gasteiger partial charge is 0.353 e. The summed E-state index contributed by atoms with van der Waals surface area (Å²) >= 11 is 1.91. The number of nitrogens with zero attached hydrogens (tertiary/aromatic N) is 6. The van der Waals surface area contributed by atoms with Gasteiger partial charge in [-0.15, -0.1) is 11.3 Å². The van der Waals surface area contributed by atoms with E-state index in [9.17, 15) is 0 Å². The van der Waals surface area contributed by atoms with Gasteiger partial charge in [0.25, 0.3) is 0 Å². The monoisotopic (exact) mass is 356 g/mol. The van der Waals surface area contributed by atoms with Crippen LogP contribution in [-0.4, -0.2) is 54.2 Å². The highest BCUT2D eigenvalue weighted by Gasteiger charge is 2.24. The van der Waals surface area contributed by atoms with Crippen LogP contribution in [0.5, 0.6) is 0 Å². The summed E-state index contributed by atoms with van der Waals surface area (Å²) in [6, 6.07) is 2.05. The number of hydrogen-bond acceptors (Lipinski definition) is 7. The third-order valence-corrected chi connectivity index (χ3v) is 6.69. The molecule has 0 N–H and O–H groups in total. The molecule has 7 heteroatoms. The van der Waals surface area contributed by atoms with Gasteiger partial charge in [0.2, 0.25) is 5.95 Å². The SMILES string of the molecule is c1cc(N2CCN(c3nc4c(s3)CCC4)CC2)nc(N2CCCC2)n1. The third-order valence-electron chi connectivity index (χ3n) is 5.48. The molecule has 3 aliphatic rings. The number of aromatic nitrogens is 3. The van der Waals surface area contributed by atoms with Crippen molar-refractivity contribution < 1.29 is 0 Å². The van der Waals surface area contributed by atoms with Crippen LogP contribution in [0.4, 0.5) is 16.9 Å². The Morgan fingerprint density at radius 1 is 0.800 bits per heavy atom. The summed E-state index contributed by atoms with van der Waals surface area (Å²) in [5.74, 6) is 1.96. The van der Waals surface area contributed by atoms with E-state index in [1.807, 2.05) is 23.6 Å². The standard InChI is InChI=1S/C18H24N6S/c1-2-9-23(8-1)17-19-7-6-16(21-17)22-10-12-24(13-11-22)18-20-14-4-3-5-15(14)25-18/h6-7H,1-5,8-13H2. The van der Waals surface area contributed by atoms with E-state index >= 15 is 0 Å². The smallest absolute Gasteiger partial charge is 0.227 e. The van der Waals surface area contributed by atoms with Crippen molar-refractivity contribution in [2.45, 2.75) is 32.1 Å². The van der Waals surface area contributed by atoms with E-state index in [1.54, 1.807) is 0 Å². The van der Waals surface area contributed by atoms with E-state index < -0.39 is 0 Å². The Hall–Kier alpha value is -1.89. The summed E-state index contributed by atoms with van der Waals surface area (Å²) in [6.07, 6.45) is 8.11. The number of aryl methyl sites for hydroxylation is 2. The Morgan fingerprint density at radius 2 is 1.60 bits per heavy atom. The molecular formula is C18H24N6S. The zero-order valence-electron chi connectivity index (χ0n) is 14.5. The fourth-order valence-corrected chi connectivity index (χ4v) is 5.22. The van der Waals surface area contributed by atoms with Crippen molar-refractivity contribution in [2.24, 2.45) is 0 Å². The van der Waals surface area contributed by atoms with Crippen LogP contribution in [0.25, 0.3) is 0 Å². The molecule has 2 fully saturated rings. The summed E-state index contributed by atoms with van der Waals surface area (Å²) in [7, 11) is 0. The lowest BCUT2D eigenvalue weighted by molar-refractivity contribution is 0.644. The van der Waals surface area contributed by atoms with Crippen LogP contribution in [0, 0.1) is 0 Å². The average Bonchev–Trinajstić information content (AvgIpc) is 3.39. The first-order valence-electron chi connectivity index (χ1n) is 9.43. The fourth-order valence-electron chi connectivity index (χ4n) is 4.02. The van der Waals surface area contributed by atoms with Gasteiger partial charge in [-0.1, -0.05) is 0 Å². The maximum absolute atomic E-state index is 4.87. The molecule has 0 unspecified atom stereocenters. The van der Waals surface area contributed by atoms with Gasteiger partial charge in [-0.3, -0.25) is 0 Å². The molecule has 1 aliphatic carbocycles. The Morgan fingerprint density at radius 3 is 2.40 bits per heavy atom. The zero-order valence-corrected chi connectivity index (χ0v) is 15.3. The minimum Gasteiger partial charge on any atom is -0.353 e. The molecule has 5 rings (SSSR count). The molecule has 6 nitrogen and oxygen atoms in total. The highest BCUT2D eigenvalue weighted by molar-refractivity contribution is 7.15. The predicted molar refractivity (Wildman–Crippen MR) is 102 cm³/mol.